The summed E-state index contributed by atoms with van der Waals surface area (Å²) in [5, 5.41) is 0. The first-order valence-electron chi connectivity index (χ1n) is 9.73. The third-order valence-electron chi connectivity index (χ3n) is 5.99. The Morgan fingerprint density at radius 1 is 0.619 bits per heavy atom. The summed E-state index contributed by atoms with van der Waals surface area (Å²) < 4.78 is 0. The van der Waals surface area contributed by atoms with E-state index in [-0.39, 0.29) is 0 Å². The van der Waals surface area contributed by atoms with Gasteiger partial charge >= 0.3 is 0 Å². The average molecular weight is 295 g/mol. The molecule has 0 N–H and O–H groups in total. The third-order valence-corrected chi connectivity index (χ3v) is 5.99. The number of unbranched alkanes of at least 4 members (excludes halogenated alkanes) is 4. The molecular formula is C19H38N2. The lowest BCUT2D eigenvalue weighted by molar-refractivity contribution is 0.0340. The van der Waals surface area contributed by atoms with Crippen LogP contribution in [0, 0.1) is 5.41 Å². The molecule has 0 aliphatic carbocycles. The molecule has 2 rings (SSSR count). The summed E-state index contributed by atoms with van der Waals surface area (Å²) in [6, 6.07) is 0. The maximum absolute atomic E-state index is 2.73. The highest BCUT2D eigenvalue weighted by Crippen LogP contribution is 2.41. The van der Waals surface area contributed by atoms with Gasteiger partial charge in [0.05, 0.1) is 0 Å². The number of likely N-dealkylation sites (tertiary alicyclic amines) is 2. The van der Waals surface area contributed by atoms with Crippen LogP contribution in [0.2, 0.25) is 0 Å². The van der Waals surface area contributed by atoms with E-state index >= 15 is 0 Å². The average Bonchev–Trinajstić information content (AvgIpc) is 2.52. The van der Waals surface area contributed by atoms with Crippen LogP contribution in [-0.2, 0) is 0 Å². The Kier molecular flexibility index (Phi) is 7.53. The molecule has 2 saturated heterocycles. The Bertz CT molecular complexity index is 229. The number of hydrogen-bond donors (Lipinski definition) is 0. The van der Waals surface area contributed by atoms with Crippen LogP contribution in [0.1, 0.15) is 78.1 Å². The molecule has 1 spiro atoms. The molecule has 0 aromatic carbocycles. The fraction of sp³-hybridized carbons (Fsp3) is 1.00. The predicted molar refractivity (Wildman–Crippen MR) is 92.8 cm³/mol. The van der Waals surface area contributed by atoms with Crippen LogP contribution < -0.4 is 0 Å². The molecule has 21 heavy (non-hydrogen) atoms. The quantitative estimate of drug-likeness (QED) is 0.606. The number of piperidine rings is 2. The highest BCUT2D eigenvalue weighted by molar-refractivity contribution is 4.90. The minimum atomic E-state index is 0.725. The summed E-state index contributed by atoms with van der Waals surface area (Å²) in [6.07, 6.45) is 14.2. The smallest absolute Gasteiger partial charge is 0.00134 e. The second kappa shape index (κ2) is 9.15. The van der Waals surface area contributed by atoms with Crippen LogP contribution in [0.15, 0.2) is 0 Å². The van der Waals surface area contributed by atoms with E-state index in [2.05, 4.69) is 23.6 Å². The zero-order valence-electron chi connectivity index (χ0n) is 14.7. The number of rotatable bonds is 8. The Labute approximate surface area is 133 Å². The van der Waals surface area contributed by atoms with Crippen molar-refractivity contribution in [3.05, 3.63) is 0 Å². The van der Waals surface area contributed by atoms with Crippen molar-refractivity contribution in [3.63, 3.8) is 0 Å². The number of nitrogens with zero attached hydrogens (tertiary/aromatic N) is 2. The molecule has 124 valence electrons. The summed E-state index contributed by atoms with van der Waals surface area (Å²) in [6.45, 7) is 12.8. The largest absolute Gasteiger partial charge is 0.303 e. The van der Waals surface area contributed by atoms with Crippen molar-refractivity contribution < 1.29 is 0 Å². The van der Waals surface area contributed by atoms with Crippen molar-refractivity contribution in [2.75, 3.05) is 39.3 Å². The first kappa shape index (κ1) is 17.3. The summed E-state index contributed by atoms with van der Waals surface area (Å²) in [4.78, 5) is 5.46. The number of hydrogen-bond acceptors (Lipinski definition) is 2. The lowest BCUT2D eigenvalue weighted by atomic mass is 9.71. The van der Waals surface area contributed by atoms with Crippen LogP contribution in [-0.4, -0.2) is 49.1 Å². The van der Waals surface area contributed by atoms with Crippen molar-refractivity contribution in [2.24, 2.45) is 5.41 Å². The van der Waals surface area contributed by atoms with Gasteiger partial charge in [0.25, 0.3) is 0 Å². The Hall–Kier alpha value is -0.0800. The normalized spacial score (nSPS) is 23.7. The molecule has 2 heterocycles. The first-order chi connectivity index (χ1) is 10.3. The van der Waals surface area contributed by atoms with E-state index in [1.165, 1.54) is 103 Å². The summed E-state index contributed by atoms with van der Waals surface area (Å²) in [5.74, 6) is 0. The molecule has 0 radical (unpaired) electrons. The van der Waals surface area contributed by atoms with Gasteiger partial charge in [0.1, 0.15) is 0 Å². The van der Waals surface area contributed by atoms with Crippen molar-refractivity contribution in [3.8, 4) is 0 Å². The van der Waals surface area contributed by atoms with E-state index in [1.54, 1.807) is 0 Å². The van der Waals surface area contributed by atoms with E-state index in [0.29, 0.717) is 0 Å². The lowest BCUT2D eigenvalue weighted by Gasteiger charge is -2.47. The molecule has 2 heteroatoms. The molecule has 0 unspecified atom stereocenters. The van der Waals surface area contributed by atoms with Gasteiger partial charge in [0.15, 0.2) is 0 Å². The maximum atomic E-state index is 2.73. The summed E-state index contributed by atoms with van der Waals surface area (Å²) >= 11 is 0. The van der Waals surface area contributed by atoms with Crippen molar-refractivity contribution >= 4 is 0 Å². The third kappa shape index (κ3) is 5.56. The fourth-order valence-electron chi connectivity index (χ4n) is 4.17. The summed E-state index contributed by atoms with van der Waals surface area (Å²) in [7, 11) is 0. The topological polar surface area (TPSA) is 6.48 Å². The van der Waals surface area contributed by atoms with Crippen LogP contribution in [0.5, 0.6) is 0 Å². The maximum Gasteiger partial charge on any atom is -0.00134 e. The molecule has 2 aliphatic rings. The van der Waals surface area contributed by atoms with Crippen LogP contribution in [0.3, 0.4) is 0 Å². The van der Waals surface area contributed by atoms with Crippen molar-refractivity contribution in [1.82, 2.24) is 9.80 Å². The first-order valence-corrected chi connectivity index (χ1v) is 9.73. The van der Waals surface area contributed by atoms with E-state index in [0.717, 1.165) is 5.41 Å². The van der Waals surface area contributed by atoms with Gasteiger partial charge in [-0.15, -0.1) is 0 Å². The van der Waals surface area contributed by atoms with Gasteiger partial charge in [-0.05, 0) is 83.2 Å². The van der Waals surface area contributed by atoms with Gasteiger partial charge in [-0.1, -0.05) is 39.5 Å². The van der Waals surface area contributed by atoms with Gasteiger partial charge in [-0.25, -0.2) is 0 Å². The molecule has 0 amide bonds. The lowest BCUT2D eigenvalue weighted by Crippen LogP contribution is -2.47. The zero-order valence-corrected chi connectivity index (χ0v) is 14.7. The van der Waals surface area contributed by atoms with Gasteiger partial charge in [0.2, 0.25) is 0 Å². The standard InChI is InChI=1S/C19H38N2/c1-3-5-7-13-20-15-9-19(10-16-20)11-17-21(18-12-19)14-8-6-4-2/h3-18H2,1-2H3. The van der Waals surface area contributed by atoms with E-state index in [9.17, 15) is 0 Å². The molecular weight excluding hydrogens is 256 g/mol. The molecule has 0 aromatic heterocycles. The van der Waals surface area contributed by atoms with E-state index in [1.807, 2.05) is 0 Å². The monoisotopic (exact) mass is 294 g/mol. The SMILES string of the molecule is CCCCCN1CCC2(CC1)CCN(CCCCC)CC2. The Morgan fingerprint density at radius 3 is 1.33 bits per heavy atom. The molecule has 0 saturated carbocycles. The zero-order chi connectivity index (χ0) is 15.0. The minimum Gasteiger partial charge on any atom is -0.303 e. The molecule has 0 bridgehead atoms. The highest BCUT2D eigenvalue weighted by Gasteiger charge is 2.36. The highest BCUT2D eigenvalue weighted by atomic mass is 15.1. The summed E-state index contributed by atoms with van der Waals surface area (Å²) in [5.41, 5.74) is 0.725. The molecule has 0 atom stereocenters. The minimum absolute atomic E-state index is 0.725. The van der Waals surface area contributed by atoms with E-state index < -0.39 is 0 Å². The molecule has 0 aromatic rings. The second-order valence-electron chi connectivity index (χ2n) is 7.60. The van der Waals surface area contributed by atoms with Crippen LogP contribution in [0.4, 0.5) is 0 Å². The second-order valence-corrected chi connectivity index (χ2v) is 7.60. The van der Waals surface area contributed by atoms with Gasteiger partial charge in [-0.2, -0.15) is 0 Å². The van der Waals surface area contributed by atoms with Gasteiger partial charge in [-0.3, -0.25) is 0 Å². The molecule has 2 aliphatic heterocycles. The fourth-order valence-corrected chi connectivity index (χ4v) is 4.17. The molecule has 2 nitrogen and oxygen atoms in total. The predicted octanol–water partition coefficient (Wildman–Crippen LogP) is 4.54. The van der Waals surface area contributed by atoms with Crippen LogP contribution in [0.25, 0.3) is 0 Å². The Balaban J connectivity index is 1.63. The van der Waals surface area contributed by atoms with Crippen LogP contribution >= 0.6 is 0 Å². The van der Waals surface area contributed by atoms with E-state index in [4.69, 9.17) is 0 Å². The Morgan fingerprint density at radius 2 is 1.00 bits per heavy atom. The van der Waals surface area contributed by atoms with Crippen molar-refractivity contribution in [2.45, 2.75) is 78.1 Å². The van der Waals surface area contributed by atoms with Crippen molar-refractivity contribution in [1.29, 1.82) is 0 Å². The molecule has 2 fully saturated rings. The van der Waals surface area contributed by atoms with Gasteiger partial charge in [0, 0.05) is 0 Å². The van der Waals surface area contributed by atoms with Gasteiger partial charge < -0.3 is 9.80 Å².